The molecule has 0 aromatic heterocycles. The maximum atomic E-state index is 12.8. The molecule has 162 valence electrons. The Kier molecular flexibility index (Phi) is 6.89. The number of thioether (sulfide) groups is 1. The molecule has 0 atom stereocenters. The van der Waals surface area contributed by atoms with E-state index < -0.39 is 0 Å². The van der Waals surface area contributed by atoms with Crippen molar-refractivity contribution in [3.63, 3.8) is 0 Å². The van der Waals surface area contributed by atoms with Gasteiger partial charge in [0, 0.05) is 15.6 Å². The van der Waals surface area contributed by atoms with Crippen LogP contribution in [0.25, 0.3) is 6.08 Å². The maximum Gasteiger partial charge on any atom is 0.293 e. The molecule has 0 bridgehead atoms. The highest BCUT2D eigenvalue weighted by Crippen LogP contribution is 2.35. The van der Waals surface area contributed by atoms with Crippen molar-refractivity contribution in [2.45, 2.75) is 20.1 Å². The van der Waals surface area contributed by atoms with Crippen molar-refractivity contribution in [1.82, 2.24) is 4.90 Å². The third-order valence-corrected chi connectivity index (χ3v) is 6.53. The number of rotatable bonds is 6. The predicted molar refractivity (Wildman–Crippen MR) is 130 cm³/mol. The number of hydrogen-bond acceptors (Lipinski definition) is 4. The molecule has 0 N–H and O–H groups in total. The summed E-state index contributed by atoms with van der Waals surface area (Å²) in [5.41, 5.74) is 3.64. The van der Waals surface area contributed by atoms with Crippen LogP contribution in [-0.2, 0) is 17.9 Å². The van der Waals surface area contributed by atoms with Gasteiger partial charge in [-0.25, -0.2) is 0 Å². The maximum absolute atomic E-state index is 12.8. The predicted octanol–water partition coefficient (Wildman–Crippen LogP) is 7.12. The number of amides is 2. The molecule has 4 rings (SSSR count). The van der Waals surface area contributed by atoms with Crippen LogP contribution in [0, 0.1) is 6.92 Å². The summed E-state index contributed by atoms with van der Waals surface area (Å²) in [6, 6.07) is 20.6. The first-order chi connectivity index (χ1) is 15.4. The monoisotopic (exact) mass is 483 g/mol. The Morgan fingerprint density at radius 2 is 1.66 bits per heavy atom. The standard InChI is InChI=1S/C25H19Cl2NO3S/c1-16-4-2-5-18(12-16)15-31-19-10-8-17(9-11-19)13-23-24(29)28(25(30)32-23)14-20-21(26)6-3-7-22(20)27/h2-13H,14-15H2,1H3/b23-13+. The summed E-state index contributed by atoms with van der Waals surface area (Å²) in [4.78, 5) is 26.7. The molecule has 1 aliphatic rings. The van der Waals surface area contributed by atoms with Gasteiger partial charge in [0.05, 0.1) is 11.4 Å². The van der Waals surface area contributed by atoms with Gasteiger partial charge in [0.15, 0.2) is 0 Å². The van der Waals surface area contributed by atoms with Gasteiger partial charge in [-0.3, -0.25) is 14.5 Å². The van der Waals surface area contributed by atoms with Crippen LogP contribution in [0.1, 0.15) is 22.3 Å². The zero-order chi connectivity index (χ0) is 22.7. The van der Waals surface area contributed by atoms with Crippen LogP contribution in [0.4, 0.5) is 4.79 Å². The van der Waals surface area contributed by atoms with E-state index in [4.69, 9.17) is 27.9 Å². The average Bonchev–Trinajstić information content (AvgIpc) is 3.03. The quantitative estimate of drug-likeness (QED) is 0.350. The summed E-state index contributed by atoms with van der Waals surface area (Å²) in [5, 5.41) is 0.485. The van der Waals surface area contributed by atoms with E-state index in [1.807, 2.05) is 49.4 Å². The van der Waals surface area contributed by atoms with Crippen molar-refractivity contribution in [2.24, 2.45) is 0 Å². The van der Waals surface area contributed by atoms with Crippen molar-refractivity contribution < 1.29 is 14.3 Å². The molecule has 2 amide bonds. The summed E-state index contributed by atoms with van der Waals surface area (Å²) < 4.78 is 5.84. The topological polar surface area (TPSA) is 46.6 Å². The fraction of sp³-hybridized carbons (Fsp3) is 0.120. The van der Waals surface area contributed by atoms with E-state index in [1.54, 1.807) is 24.3 Å². The summed E-state index contributed by atoms with van der Waals surface area (Å²) in [6.07, 6.45) is 1.70. The highest BCUT2D eigenvalue weighted by atomic mass is 35.5. The van der Waals surface area contributed by atoms with Crippen LogP contribution in [0.2, 0.25) is 10.0 Å². The molecular weight excluding hydrogens is 465 g/mol. The lowest BCUT2D eigenvalue weighted by Crippen LogP contribution is -2.27. The fourth-order valence-corrected chi connectivity index (χ4v) is 4.61. The minimum absolute atomic E-state index is 0.0340. The first-order valence-electron chi connectivity index (χ1n) is 9.87. The summed E-state index contributed by atoms with van der Waals surface area (Å²) in [6.45, 7) is 2.56. The Hall–Kier alpha value is -2.73. The molecule has 0 saturated carbocycles. The lowest BCUT2D eigenvalue weighted by atomic mass is 10.1. The largest absolute Gasteiger partial charge is 0.489 e. The highest BCUT2D eigenvalue weighted by Gasteiger charge is 2.35. The van der Waals surface area contributed by atoms with Crippen LogP contribution in [0.3, 0.4) is 0 Å². The van der Waals surface area contributed by atoms with Crippen LogP contribution in [0.5, 0.6) is 5.75 Å². The first kappa shape index (κ1) is 22.5. The molecule has 1 heterocycles. The number of nitrogens with zero attached hydrogens (tertiary/aromatic N) is 1. The molecule has 1 saturated heterocycles. The molecule has 0 radical (unpaired) electrons. The van der Waals surface area contributed by atoms with E-state index in [-0.39, 0.29) is 17.7 Å². The van der Waals surface area contributed by atoms with E-state index in [0.29, 0.717) is 27.1 Å². The number of halogens is 2. The van der Waals surface area contributed by atoms with Crippen LogP contribution in [-0.4, -0.2) is 16.0 Å². The Morgan fingerprint density at radius 3 is 2.34 bits per heavy atom. The number of benzene rings is 3. The normalized spacial score (nSPS) is 15.0. The molecule has 0 unspecified atom stereocenters. The number of carbonyl (C=O) groups excluding carboxylic acids is 2. The average molecular weight is 484 g/mol. The highest BCUT2D eigenvalue weighted by molar-refractivity contribution is 8.18. The number of imide groups is 1. The molecule has 7 heteroatoms. The molecular formula is C25H19Cl2NO3S. The van der Waals surface area contributed by atoms with Gasteiger partial charge in [-0.1, -0.05) is 71.2 Å². The van der Waals surface area contributed by atoms with Gasteiger partial charge in [-0.15, -0.1) is 0 Å². The number of aryl methyl sites for hydroxylation is 1. The van der Waals surface area contributed by atoms with E-state index >= 15 is 0 Å². The minimum Gasteiger partial charge on any atom is -0.489 e. The second-order valence-corrected chi connectivity index (χ2v) is 9.12. The molecule has 0 spiro atoms. The molecule has 3 aromatic rings. The second-order valence-electron chi connectivity index (χ2n) is 7.31. The molecule has 1 aliphatic heterocycles. The summed E-state index contributed by atoms with van der Waals surface area (Å²) >= 11 is 13.3. The molecule has 1 fully saturated rings. The lowest BCUT2D eigenvalue weighted by Gasteiger charge is -2.14. The summed E-state index contributed by atoms with van der Waals surface area (Å²) in [7, 11) is 0. The van der Waals surface area contributed by atoms with Crippen molar-refractivity contribution in [3.8, 4) is 5.75 Å². The van der Waals surface area contributed by atoms with E-state index in [0.717, 1.165) is 33.5 Å². The zero-order valence-electron chi connectivity index (χ0n) is 17.2. The first-order valence-corrected chi connectivity index (χ1v) is 11.4. The van der Waals surface area contributed by atoms with Gasteiger partial charge >= 0.3 is 0 Å². The molecule has 4 nitrogen and oxygen atoms in total. The van der Waals surface area contributed by atoms with Crippen LogP contribution < -0.4 is 4.74 Å². The van der Waals surface area contributed by atoms with Gasteiger partial charge in [-0.2, -0.15) is 0 Å². The Morgan fingerprint density at radius 1 is 0.969 bits per heavy atom. The minimum atomic E-state index is -0.365. The van der Waals surface area contributed by atoms with Crippen molar-refractivity contribution in [1.29, 1.82) is 0 Å². The van der Waals surface area contributed by atoms with Gasteiger partial charge in [0.2, 0.25) is 0 Å². The number of hydrogen-bond donors (Lipinski definition) is 0. The van der Waals surface area contributed by atoms with Crippen molar-refractivity contribution in [3.05, 3.63) is 104 Å². The number of carbonyl (C=O) groups is 2. The third kappa shape index (κ3) is 5.18. The molecule has 32 heavy (non-hydrogen) atoms. The lowest BCUT2D eigenvalue weighted by molar-refractivity contribution is -0.123. The molecule has 0 aliphatic carbocycles. The van der Waals surface area contributed by atoms with Crippen LogP contribution in [0.15, 0.2) is 71.6 Å². The molecule has 3 aromatic carbocycles. The van der Waals surface area contributed by atoms with E-state index in [2.05, 4.69) is 6.07 Å². The Labute approximate surface area is 200 Å². The summed E-state index contributed by atoms with van der Waals surface area (Å²) in [5.74, 6) is 0.362. The smallest absolute Gasteiger partial charge is 0.293 e. The van der Waals surface area contributed by atoms with Crippen LogP contribution >= 0.6 is 35.0 Å². The zero-order valence-corrected chi connectivity index (χ0v) is 19.5. The van der Waals surface area contributed by atoms with Gasteiger partial charge in [0.25, 0.3) is 11.1 Å². The van der Waals surface area contributed by atoms with E-state index in [9.17, 15) is 9.59 Å². The third-order valence-electron chi connectivity index (χ3n) is 4.92. The van der Waals surface area contributed by atoms with Crippen molar-refractivity contribution in [2.75, 3.05) is 0 Å². The fourth-order valence-electron chi connectivity index (χ4n) is 3.26. The van der Waals surface area contributed by atoms with Gasteiger partial charge in [-0.05, 0) is 60.2 Å². The van der Waals surface area contributed by atoms with Gasteiger partial charge in [0.1, 0.15) is 12.4 Å². The Bertz CT molecular complexity index is 1190. The number of ether oxygens (including phenoxy) is 1. The van der Waals surface area contributed by atoms with E-state index in [1.165, 1.54) is 5.56 Å². The Balaban J connectivity index is 1.43. The second kappa shape index (κ2) is 9.82. The van der Waals surface area contributed by atoms with Crippen molar-refractivity contribution >= 4 is 52.2 Å². The van der Waals surface area contributed by atoms with Gasteiger partial charge < -0.3 is 4.74 Å². The SMILES string of the molecule is Cc1cccc(COc2ccc(/C=C3/SC(=O)N(Cc4c(Cl)cccc4Cl)C3=O)cc2)c1.